The van der Waals surface area contributed by atoms with Crippen LogP contribution in [0, 0.1) is 0 Å². The van der Waals surface area contributed by atoms with Gasteiger partial charge in [-0.1, -0.05) is 0 Å². The van der Waals surface area contributed by atoms with E-state index in [1.165, 1.54) is 24.7 Å². The summed E-state index contributed by atoms with van der Waals surface area (Å²) >= 11 is 0. The van der Waals surface area contributed by atoms with Crippen LogP contribution in [0.15, 0.2) is 18.3 Å². The summed E-state index contributed by atoms with van der Waals surface area (Å²) in [5, 5.41) is 4.07. The average Bonchev–Trinajstić information content (AvgIpc) is 2.81. The number of fused-ring (bicyclic) bond motifs is 1. The van der Waals surface area contributed by atoms with Crippen LogP contribution in [0.25, 0.3) is 5.52 Å². The lowest BCUT2D eigenvalue weighted by molar-refractivity contribution is 0.0528. The van der Waals surface area contributed by atoms with E-state index in [9.17, 15) is 9.59 Å². The zero-order valence-electron chi connectivity index (χ0n) is 11.0. The summed E-state index contributed by atoms with van der Waals surface area (Å²) in [4.78, 5) is 23.3. The topological polar surface area (TPSA) is 69.9 Å². The molecule has 0 unspecified atom stereocenters. The second-order valence-corrected chi connectivity index (χ2v) is 3.89. The van der Waals surface area contributed by atoms with Crippen molar-refractivity contribution in [3.8, 4) is 5.88 Å². The summed E-state index contributed by atoms with van der Waals surface area (Å²) in [5.74, 6) is -0.275. The first-order valence-electron chi connectivity index (χ1n) is 5.83. The van der Waals surface area contributed by atoms with E-state index in [4.69, 9.17) is 9.47 Å². The molecule has 0 aliphatic heterocycles. The van der Waals surface area contributed by atoms with Crippen molar-refractivity contribution in [2.24, 2.45) is 0 Å². The van der Waals surface area contributed by atoms with Crippen molar-refractivity contribution in [2.75, 3.05) is 13.7 Å². The van der Waals surface area contributed by atoms with Crippen LogP contribution in [0.1, 0.15) is 34.6 Å². The number of rotatable bonds is 4. The van der Waals surface area contributed by atoms with Gasteiger partial charge in [0.2, 0.25) is 5.88 Å². The number of aromatic nitrogens is 2. The van der Waals surface area contributed by atoms with E-state index in [-0.39, 0.29) is 5.78 Å². The van der Waals surface area contributed by atoms with Crippen LogP contribution in [-0.4, -0.2) is 35.1 Å². The third-order valence-electron chi connectivity index (χ3n) is 2.71. The van der Waals surface area contributed by atoms with E-state index in [0.717, 1.165) is 0 Å². The van der Waals surface area contributed by atoms with E-state index < -0.39 is 5.97 Å². The van der Waals surface area contributed by atoms with Gasteiger partial charge < -0.3 is 9.47 Å². The minimum atomic E-state index is -0.449. The lowest BCUT2D eigenvalue weighted by Gasteiger charge is -2.08. The number of esters is 1. The molecule has 0 aliphatic carbocycles. The maximum Gasteiger partial charge on any atom is 0.341 e. The highest BCUT2D eigenvalue weighted by atomic mass is 16.5. The summed E-state index contributed by atoms with van der Waals surface area (Å²) in [7, 11) is 1.45. The number of carbonyl (C=O) groups is 2. The highest BCUT2D eigenvalue weighted by Crippen LogP contribution is 2.23. The fourth-order valence-electron chi connectivity index (χ4n) is 1.86. The molecule has 0 aromatic carbocycles. The van der Waals surface area contributed by atoms with Crippen molar-refractivity contribution in [3.63, 3.8) is 0 Å². The first-order chi connectivity index (χ1) is 9.10. The van der Waals surface area contributed by atoms with Gasteiger partial charge in [-0.3, -0.25) is 4.79 Å². The number of carbonyl (C=O) groups excluding carboxylic acids is 2. The third-order valence-corrected chi connectivity index (χ3v) is 2.71. The van der Waals surface area contributed by atoms with Gasteiger partial charge in [-0.15, -0.1) is 0 Å². The van der Waals surface area contributed by atoms with Crippen LogP contribution in [-0.2, 0) is 4.74 Å². The number of ketones is 1. The van der Waals surface area contributed by atoms with Gasteiger partial charge in [-0.2, -0.15) is 9.61 Å². The first-order valence-corrected chi connectivity index (χ1v) is 5.83. The maximum atomic E-state index is 11.8. The Hall–Kier alpha value is -2.37. The molecule has 0 N–H and O–H groups in total. The van der Waals surface area contributed by atoms with Crippen molar-refractivity contribution in [2.45, 2.75) is 13.8 Å². The predicted octanol–water partition coefficient (Wildman–Crippen LogP) is 1.72. The van der Waals surface area contributed by atoms with E-state index in [1.54, 1.807) is 19.1 Å². The Morgan fingerprint density at radius 2 is 2.05 bits per heavy atom. The Kier molecular flexibility index (Phi) is 3.50. The van der Waals surface area contributed by atoms with E-state index in [0.29, 0.717) is 29.1 Å². The highest BCUT2D eigenvalue weighted by Gasteiger charge is 2.19. The Labute approximate surface area is 109 Å². The SMILES string of the molecule is CCOC(=O)c1cnn2c(OC)c(C(C)=O)ccc12. The van der Waals surface area contributed by atoms with Crippen LogP contribution in [0.4, 0.5) is 0 Å². The number of ether oxygens (including phenoxy) is 2. The average molecular weight is 262 g/mol. The molecule has 0 fully saturated rings. The molecule has 0 radical (unpaired) electrons. The molecule has 6 nitrogen and oxygen atoms in total. The van der Waals surface area contributed by atoms with Gasteiger partial charge in [0.25, 0.3) is 0 Å². The molecule has 2 aromatic heterocycles. The fraction of sp³-hybridized carbons (Fsp3) is 0.308. The first kappa shape index (κ1) is 13.1. The minimum absolute atomic E-state index is 0.132. The van der Waals surface area contributed by atoms with Gasteiger partial charge in [0.05, 0.1) is 31.0 Å². The van der Waals surface area contributed by atoms with Gasteiger partial charge in [-0.25, -0.2) is 4.79 Å². The molecule has 19 heavy (non-hydrogen) atoms. The largest absolute Gasteiger partial charge is 0.480 e. The Balaban J connectivity index is 2.63. The maximum absolute atomic E-state index is 11.8. The number of pyridine rings is 1. The van der Waals surface area contributed by atoms with Crippen LogP contribution >= 0.6 is 0 Å². The molecule has 0 amide bonds. The number of methoxy groups -OCH3 is 1. The second kappa shape index (κ2) is 5.09. The summed E-state index contributed by atoms with van der Waals surface area (Å²) in [6, 6.07) is 3.26. The molecular weight excluding hydrogens is 248 g/mol. The van der Waals surface area contributed by atoms with E-state index in [2.05, 4.69) is 5.10 Å². The van der Waals surface area contributed by atoms with Crippen molar-refractivity contribution >= 4 is 17.3 Å². The second-order valence-electron chi connectivity index (χ2n) is 3.89. The van der Waals surface area contributed by atoms with Crippen molar-refractivity contribution in [3.05, 3.63) is 29.5 Å². The van der Waals surface area contributed by atoms with Crippen LogP contribution in [0.5, 0.6) is 5.88 Å². The number of hydrogen-bond donors (Lipinski definition) is 0. The summed E-state index contributed by atoms with van der Waals surface area (Å²) in [6.07, 6.45) is 1.40. The van der Waals surface area contributed by atoms with Gasteiger partial charge >= 0.3 is 5.97 Å². The van der Waals surface area contributed by atoms with Gasteiger partial charge in [0, 0.05) is 0 Å². The Morgan fingerprint density at radius 1 is 1.32 bits per heavy atom. The summed E-state index contributed by atoms with van der Waals surface area (Å²) in [5.41, 5.74) is 1.30. The molecule has 100 valence electrons. The molecule has 0 saturated carbocycles. The van der Waals surface area contributed by atoms with Crippen LogP contribution in [0.2, 0.25) is 0 Å². The fourth-order valence-corrected chi connectivity index (χ4v) is 1.86. The minimum Gasteiger partial charge on any atom is -0.480 e. The molecular formula is C13H14N2O4. The lowest BCUT2D eigenvalue weighted by Crippen LogP contribution is -2.06. The summed E-state index contributed by atoms with van der Waals surface area (Å²) in [6.45, 7) is 3.47. The standard InChI is InChI=1S/C13H14N2O4/c1-4-19-13(17)10-7-14-15-11(10)6-5-9(8(2)16)12(15)18-3/h5-7H,4H2,1-3H3. The van der Waals surface area contributed by atoms with E-state index >= 15 is 0 Å². The number of hydrogen-bond acceptors (Lipinski definition) is 5. The highest BCUT2D eigenvalue weighted by molar-refractivity contribution is 5.99. The number of nitrogens with zero attached hydrogens (tertiary/aromatic N) is 2. The lowest BCUT2D eigenvalue weighted by atomic mass is 10.1. The molecule has 0 atom stereocenters. The molecule has 6 heteroatoms. The molecule has 2 rings (SSSR count). The number of Topliss-reactive ketones (excluding diaryl/α,β-unsaturated/α-hetero) is 1. The molecule has 2 aromatic rings. The van der Waals surface area contributed by atoms with Crippen molar-refractivity contribution in [1.29, 1.82) is 0 Å². The smallest absolute Gasteiger partial charge is 0.341 e. The Bertz CT molecular complexity index is 645. The normalized spacial score (nSPS) is 10.5. The van der Waals surface area contributed by atoms with Crippen LogP contribution in [0.3, 0.4) is 0 Å². The van der Waals surface area contributed by atoms with Gasteiger partial charge in [-0.05, 0) is 26.0 Å². The van der Waals surface area contributed by atoms with Crippen molar-refractivity contribution in [1.82, 2.24) is 9.61 Å². The van der Waals surface area contributed by atoms with Crippen molar-refractivity contribution < 1.29 is 19.1 Å². The molecule has 0 bridgehead atoms. The molecule has 0 spiro atoms. The summed E-state index contributed by atoms with van der Waals surface area (Å²) < 4.78 is 11.6. The van der Waals surface area contributed by atoms with Crippen LogP contribution < -0.4 is 4.74 Å². The van der Waals surface area contributed by atoms with Gasteiger partial charge in [0.15, 0.2) is 5.78 Å². The Morgan fingerprint density at radius 3 is 2.63 bits per heavy atom. The zero-order chi connectivity index (χ0) is 14.0. The zero-order valence-corrected chi connectivity index (χ0v) is 11.0. The molecule has 2 heterocycles. The quantitative estimate of drug-likeness (QED) is 0.620. The third kappa shape index (κ3) is 2.16. The predicted molar refractivity (Wildman–Crippen MR) is 67.7 cm³/mol. The van der Waals surface area contributed by atoms with Gasteiger partial charge in [0.1, 0.15) is 5.56 Å². The van der Waals surface area contributed by atoms with E-state index in [1.807, 2.05) is 0 Å². The monoisotopic (exact) mass is 262 g/mol. The molecule has 0 aliphatic rings. The molecule has 0 saturated heterocycles.